The van der Waals surface area contributed by atoms with Gasteiger partial charge in [0.05, 0.1) is 17.8 Å². The second-order valence-corrected chi connectivity index (χ2v) is 5.51. The fourth-order valence-electron chi connectivity index (χ4n) is 2.24. The molecule has 3 nitrogen and oxygen atoms in total. The summed E-state index contributed by atoms with van der Waals surface area (Å²) in [5.74, 6) is -0.442. The van der Waals surface area contributed by atoms with Crippen molar-refractivity contribution < 1.29 is 19.3 Å². The van der Waals surface area contributed by atoms with Crippen molar-refractivity contribution in [2.45, 2.75) is 44.5 Å². The van der Waals surface area contributed by atoms with E-state index in [1.807, 2.05) is 13.8 Å². The monoisotopic (exact) mass is 266 g/mol. The van der Waals surface area contributed by atoms with Crippen molar-refractivity contribution in [2.75, 3.05) is 0 Å². The molecule has 0 spiro atoms. The summed E-state index contributed by atoms with van der Waals surface area (Å²) in [5, 5.41) is 19.6. The molecule has 0 amide bonds. The van der Waals surface area contributed by atoms with Gasteiger partial charge in [0.15, 0.2) is 0 Å². The van der Waals surface area contributed by atoms with Gasteiger partial charge in [0.2, 0.25) is 0 Å². The van der Waals surface area contributed by atoms with E-state index in [9.17, 15) is 14.6 Å². The Hall–Kier alpha value is -1.39. The second-order valence-electron chi connectivity index (χ2n) is 5.51. The minimum absolute atomic E-state index is 0.0162. The molecule has 0 aliphatic carbocycles. The third-order valence-electron chi connectivity index (χ3n) is 3.34. The van der Waals surface area contributed by atoms with E-state index in [4.69, 9.17) is 4.74 Å². The summed E-state index contributed by atoms with van der Waals surface area (Å²) in [6.07, 6.45) is 3.71. The third-order valence-corrected chi connectivity index (χ3v) is 3.34. The highest BCUT2D eigenvalue weighted by atomic mass is 19.1. The fraction of sp³-hybridized carbons (Fsp3) is 0.467. The molecule has 1 fully saturated rings. The molecule has 0 radical (unpaired) electrons. The van der Waals surface area contributed by atoms with Crippen LogP contribution in [0.25, 0.3) is 6.08 Å². The van der Waals surface area contributed by atoms with E-state index in [0.717, 1.165) is 12.8 Å². The predicted octanol–water partition coefficient (Wildman–Crippen LogP) is 2.86. The molecule has 19 heavy (non-hydrogen) atoms. The van der Waals surface area contributed by atoms with E-state index in [1.165, 1.54) is 30.4 Å². The van der Waals surface area contributed by atoms with E-state index in [0.29, 0.717) is 5.56 Å². The summed E-state index contributed by atoms with van der Waals surface area (Å²) in [7, 11) is 0. The first-order valence-electron chi connectivity index (χ1n) is 6.40. The quantitative estimate of drug-likeness (QED) is 0.884. The zero-order valence-electron chi connectivity index (χ0n) is 11.1. The van der Waals surface area contributed by atoms with Gasteiger partial charge >= 0.3 is 0 Å². The summed E-state index contributed by atoms with van der Waals surface area (Å²) >= 11 is 0. The van der Waals surface area contributed by atoms with Crippen LogP contribution in [-0.4, -0.2) is 28.0 Å². The smallest absolute Gasteiger partial charge is 0.124 e. The van der Waals surface area contributed by atoms with Crippen molar-refractivity contribution in [1.82, 2.24) is 0 Å². The summed E-state index contributed by atoms with van der Waals surface area (Å²) in [5.41, 5.74) is 0.136. The molecule has 1 aromatic rings. The van der Waals surface area contributed by atoms with Crippen LogP contribution < -0.4 is 0 Å². The van der Waals surface area contributed by atoms with E-state index in [1.54, 1.807) is 0 Å². The van der Waals surface area contributed by atoms with Crippen LogP contribution in [0.2, 0.25) is 0 Å². The van der Waals surface area contributed by atoms with Crippen LogP contribution in [0.3, 0.4) is 0 Å². The van der Waals surface area contributed by atoms with Gasteiger partial charge in [-0.05, 0) is 44.9 Å². The highest BCUT2D eigenvalue weighted by Gasteiger charge is 2.34. The van der Waals surface area contributed by atoms with Gasteiger partial charge < -0.3 is 14.9 Å². The average Bonchev–Trinajstić information content (AvgIpc) is 2.70. The van der Waals surface area contributed by atoms with E-state index >= 15 is 0 Å². The molecule has 2 N–H and O–H groups in total. The first kappa shape index (κ1) is 14.0. The summed E-state index contributed by atoms with van der Waals surface area (Å²) in [4.78, 5) is 0. The topological polar surface area (TPSA) is 49.7 Å². The Morgan fingerprint density at radius 1 is 1.47 bits per heavy atom. The summed E-state index contributed by atoms with van der Waals surface area (Å²) in [6.45, 7) is 3.98. The number of hydrogen-bond acceptors (Lipinski definition) is 3. The Labute approximate surface area is 112 Å². The molecular formula is C15H19FO3. The van der Waals surface area contributed by atoms with E-state index in [-0.39, 0.29) is 17.5 Å². The number of halogens is 1. The van der Waals surface area contributed by atoms with Crippen LogP contribution in [-0.2, 0) is 4.74 Å². The maximum absolute atomic E-state index is 13.0. The fourth-order valence-corrected chi connectivity index (χ4v) is 2.24. The lowest BCUT2D eigenvalue weighted by Crippen LogP contribution is -2.27. The lowest BCUT2D eigenvalue weighted by molar-refractivity contribution is -0.0567. The summed E-state index contributed by atoms with van der Waals surface area (Å²) in [6, 6.07) is 3.69. The molecule has 0 aromatic heterocycles. The Balaban J connectivity index is 2.04. The third kappa shape index (κ3) is 3.55. The van der Waals surface area contributed by atoms with Crippen LogP contribution in [0, 0.1) is 5.82 Å². The van der Waals surface area contributed by atoms with Gasteiger partial charge in [0, 0.05) is 5.56 Å². The normalized spacial score (nSPS) is 23.9. The second kappa shape index (κ2) is 5.31. The zero-order chi connectivity index (χ0) is 14.0. The number of phenols is 1. The molecule has 104 valence electrons. The molecule has 1 heterocycles. The van der Waals surface area contributed by atoms with Crippen LogP contribution in [0.5, 0.6) is 5.75 Å². The Morgan fingerprint density at radius 2 is 2.21 bits per heavy atom. The number of aromatic hydroxyl groups is 1. The van der Waals surface area contributed by atoms with E-state index < -0.39 is 11.9 Å². The van der Waals surface area contributed by atoms with Gasteiger partial charge in [0.25, 0.3) is 0 Å². The number of benzene rings is 1. The molecule has 1 saturated heterocycles. The van der Waals surface area contributed by atoms with Gasteiger partial charge in [-0.1, -0.05) is 12.2 Å². The molecular weight excluding hydrogens is 247 g/mol. The highest BCUT2D eigenvalue weighted by molar-refractivity contribution is 5.57. The number of hydrogen-bond donors (Lipinski definition) is 2. The highest BCUT2D eigenvalue weighted by Crippen LogP contribution is 2.31. The molecule has 1 unspecified atom stereocenters. The molecule has 2 atom stereocenters. The number of phenolic OH excluding ortho intramolecular Hbond substituents is 1. The Morgan fingerprint density at radius 3 is 2.84 bits per heavy atom. The number of aliphatic hydroxyl groups excluding tert-OH is 1. The Bertz CT molecular complexity index is 482. The molecule has 1 aromatic carbocycles. The average molecular weight is 266 g/mol. The van der Waals surface area contributed by atoms with Gasteiger partial charge in [-0.2, -0.15) is 0 Å². The van der Waals surface area contributed by atoms with Crippen molar-refractivity contribution in [1.29, 1.82) is 0 Å². The standard InChI is InChI=1S/C15H19FO3/c1-15(2)8-7-14(19-15)13(18)5-3-10-9-11(16)4-6-12(10)17/h3-6,9,13-14,17-18H,7-8H2,1-2H3/t13?,14-/m1/s1. The van der Waals surface area contributed by atoms with Gasteiger partial charge in [0.1, 0.15) is 11.6 Å². The molecule has 0 bridgehead atoms. The first-order valence-corrected chi connectivity index (χ1v) is 6.40. The SMILES string of the molecule is CC1(C)CC[C@H](C(O)C=Cc2cc(F)ccc2O)O1. The molecule has 4 heteroatoms. The molecule has 1 aliphatic heterocycles. The molecule has 2 rings (SSSR count). The first-order chi connectivity index (χ1) is 8.87. The van der Waals surface area contributed by atoms with Crippen molar-refractivity contribution in [3.63, 3.8) is 0 Å². The number of ether oxygens (including phenoxy) is 1. The van der Waals surface area contributed by atoms with Crippen LogP contribution >= 0.6 is 0 Å². The maximum Gasteiger partial charge on any atom is 0.124 e. The van der Waals surface area contributed by atoms with Crippen molar-refractivity contribution >= 4 is 6.08 Å². The lowest BCUT2D eigenvalue weighted by Gasteiger charge is -2.21. The number of aliphatic hydroxyl groups is 1. The minimum atomic E-state index is -0.760. The van der Waals surface area contributed by atoms with Crippen molar-refractivity contribution in [3.05, 3.63) is 35.7 Å². The summed E-state index contributed by atoms with van der Waals surface area (Å²) < 4.78 is 18.8. The van der Waals surface area contributed by atoms with Gasteiger partial charge in [-0.15, -0.1) is 0 Å². The molecule has 1 aliphatic rings. The van der Waals surface area contributed by atoms with Gasteiger partial charge in [-0.3, -0.25) is 0 Å². The van der Waals surface area contributed by atoms with Crippen LogP contribution in [0.1, 0.15) is 32.3 Å². The minimum Gasteiger partial charge on any atom is -0.507 e. The Kier molecular flexibility index (Phi) is 3.92. The van der Waals surface area contributed by atoms with E-state index in [2.05, 4.69) is 0 Å². The van der Waals surface area contributed by atoms with Gasteiger partial charge in [-0.25, -0.2) is 4.39 Å². The maximum atomic E-state index is 13.0. The van der Waals surface area contributed by atoms with Crippen LogP contribution in [0.15, 0.2) is 24.3 Å². The van der Waals surface area contributed by atoms with Crippen molar-refractivity contribution in [3.8, 4) is 5.75 Å². The van der Waals surface area contributed by atoms with Crippen molar-refractivity contribution in [2.24, 2.45) is 0 Å². The molecule has 0 saturated carbocycles. The predicted molar refractivity (Wildman–Crippen MR) is 71.3 cm³/mol. The largest absolute Gasteiger partial charge is 0.507 e. The zero-order valence-corrected chi connectivity index (χ0v) is 11.1. The van der Waals surface area contributed by atoms with Crippen LogP contribution in [0.4, 0.5) is 4.39 Å². The lowest BCUT2D eigenvalue weighted by atomic mass is 10.0. The number of rotatable bonds is 3.